The number of nitrogens with two attached hydrogens (primary N) is 1. The Morgan fingerprint density at radius 2 is 2.00 bits per heavy atom. The number of benzene rings is 1. The summed E-state index contributed by atoms with van der Waals surface area (Å²) < 4.78 is 5.10. The molecule has 0 saturated heterocycles. The summed E-state index contributed by atoms with van der Waals surface area (Å²) >= 11 is 0. The number of aliphatic hydroxyl groups is 1. The lowest BCUT2D eigenvalue weighted by Gasteiger charge is -2.10. The van der Waals surface area contributed by atoms with Crippen LogP contribution in [-0.4, -0.2) is 18.3 Å². The Balaban J connectivity index is 2.55. The first-order valence-corrected chi connectivity index (χ1v) is 4.35. The highest BCUT2D eigenvalue weighted by Crippen LogP contribution is 2.14. The molecule has 13 heavy (non-hydrogen) atoms. The molecule has 3 nitrogen and oxygen atoms in total. The molecule has 1 aromatic carbocycles. The zero-order valence-electron chi connectivity index (χ0n) is 7.73. The van der Waals surface area contributed by atoms with E-state index in [0.29, 0.717) is 18.9 Å². The summed E-state index contributed by atoms with van der Waals surface area (Å²) in [6.07, 6.45) is -0.555. The van der Waals surface area contributed by atoms with Gasteiger partial charge in [0.15, 0.2) is 0 Å². The Labute approximate surface area is 78.1 Å². The summed E-state index contributed by atoms with van der Waals surface area (Å²) in [5.41, 5.74) is 7.05. The van der Waals surface area contributed by atoms with Crippen LogP contribution in [0.2, 0.25) is 0 Å². The van der Waals surface area contributed by atoms with Crippen molar-refractivity contribution in [3.8, 4) is 0 Å². The van der Waals surface area contributed by atoms with E-state index < -0.39 is 6.10 Å². The molecule has 0 saturated carbocycles. The minimum Gasteiger partial charge on any atom is -0.399 e. The van der Waals surface area contributed by atoms with Crippen molar-refractivity contribution in [2.24, 2.45) is 0 Å². The van der Waals surface area contributed by atoms with E-state index in [0.717, 1.165) is 5.56 Å². The molecule has 0 aromatic heterocycles. The molecule has 0 fully saturated rings. The van der Waals surface area contributed by atoms with E-state index >= 15 is 0 Å². The molecule has 1 atom stereocenters. The molecule has 1 rings (SSSR count). The minimum atomic E-state index is -0.555. The second kappa shape index (κ2) is 4.84. The van der Waals surface area contributed by atoms with Gasteiger partial charge in [-0.2, -0.15) is 0 Å². The third-order valence-corrected chi connectivity index (χ3v) is 1.80. The molecule has 0 amide bonds. The number of hydrogen-bond donors (Lipinski definition) is 2. The molecule has 0 spiro atoms. The van der Waals surface area contributed by atoms with E-state index in [1.807, 2.05) is 6.92 Å². The number of hydrogen-bond acceptors (Lipinski definition) is 3. The van der Waals surface area contributed by atoms with Crippen LogP contribution in [0.4, 0.5) is 5.69 Å². The maximum Gasteiger partial charge on any atom is 0.102 e. The standard InChI is InChI=1S/C10H15NO2/c1-2-13-7-10(12)8-3-5-9(11)6-4-8/h3-6,10,12H,2,7,11H2,1H3. The summed E-state index contributed by atoms with van der Waals surface area (Å²) in [5.74, 6) is 0. The van der Waals surface area contributed by atoms with Gasteiger partial charge in [0.1, 0.15) is 6.10 Å². The van der Waals surface area contributed by atoms with Crippen LogP contribution in [-0.2, 0) is 4.74 Å². The monoisotopic (exact) mass is 181 g/mol. The molecule has 0 heterocycles. The topological polar surface area (TPSA) is 55.5 Å². The van der Waals surface area contributed by atoms with Crippen molar-refractivity contribution < 1.29 is 9.84 Å². The van der Waals surface area contributed by atoms with E-state index in [2.05, 4.69) is 0 Å². The van der Waals surface area contributed by atoms with E-state index in [9.17, 15) is 5.11 Å². The Hall–Kier alpha value is -1.06. The van der Waals surface area contributed by atoms with Crippen molar-refractivity contribution >= 4 is 5.69 Å². The fourth-order valence-corrected chi connectivity index (χ4v) is 1.04. The lowest BCUT2D eigenvalue weighted by Crippen LogP contribution is -2.06. The highest BCUT2D eigenvalue weighted by Gasteiger charge is 2.05. The summed E-state index contributed by atoms with van der Waals surface area (Å²) in [6, 6.07) is 7.15. The number of anilines is 1. The Kier molecular flexibility index (Phi) is 3.73. The van der Waals surface area contributed by atoms with Gasteiger partial charge in [-0.05, 0) is 24.6 Å². The van der Waals surface area contributed by atoms with E-state index in [1.165, 1.54) is 0 Å². The molecule has 1 aromatic rings. The highest BCUT2D eigenvalue weighted by molar-refractivity contribution is 5.39. The fourth-order valence-electron chi connectivity index (χ4n) is 1.04. The quantitative estimate of drug-likeness (QED) is 0.689. The molecule has 1 unspecified atom stereocenters. The summed E-state index contributed by atoms with van der Waals surface area (Å²) in [6.45, 7) is 2.85. The average molecular weight is 181 g/mol. The van der Waals surface area contributed by atoms with Crippen LogP contribution in [0.5, 0.6) is 0 Å². The third-order valence-electron chi connectivity index (χ3n) is 1.80. The van der Waals surface area contributed by atoms with Gasteiger partial charge in [0.25, 0.3) is 0 Å². The number of nitrogen functional groups attached to an aromatic ring is 1. The molecule has 0 aliphatic heterocycles. The molecule has 0 aliphatic rings. The Morgan fingerprint density at radius 1 is 1.38 bits per heavy atom. The van der Waals surface area contributed by atoms with Crippen LogP contribution in [0.1, 0.15) is 18.6 Å². The zero-order valence-corrected chi connectivity index (χ0v) is 7.73. The predicted octanol–water partition coefficient (Wildman–Crippen LogP) is 1.34. The summed E-state index contributed by atoms with van der Waals surface area (Å²) in [5, 5.41) is 9.58. The summed E-state index contributed by atoms with van der Waals surface area (Å²) in [7, 11) is 0. The largest absolute Gasteiger partial charge is 0.399 e. The highest BCUT2D eigenvalue weighted by atomic mass is 16.5. The van der Waals surface area contributed by atoms with Gasteiger partial charge in [0.2, 0.25) is 0 Å². The first-order valence-electron chi connectivity index (χ1n) is 4.35. The van der Waals surface area contributed by atoms with Crippen LogP contribution in [0.3, 0.4) is 0 Å². The van der Waals surface area contributed by atoms with Crippen molar-refractivity contribution in [1.29, 1.82) is 0 Å². The van der Waals surface area contributed by atoms with Gasteiger partial charge < -0.3 is 15.6 Å². The molecule has 72 valence electrons. The lowest BCUT2D eigenvalue weighted by molar-refractivity contribution is 0.0420. The molecule has 3 N–H and O–H groups in total. The van der Waals surface area contributed by atoms with Gasteiger partial charge >= 0.3 is 0 Å². The second-order valence-electron chi connectivity index (χ2n) is 2.84. The third kappa shape index (κ3) is 3.05. The first-order chi connectivity index (χ1) is 6.24. The molecular weight excluding hydrogens is 166 g/mol. The zero-order chi connectivity index (χ0) is 9.68. The second-order valence-corrected chi connectivity index (χ2v) is 2.84. The van der Waals surface area contributed by atoms with Gasteiger partial charge in [-0.1, -0.05) is 12.1 Å². The first kappa shape index (κ1) is 10.0. The van der Waals surface area contributed by atoms with Gasteiger partial charge in [-0.15, -0.1) is 0 Å². The average Bonchev–Trinajstić information content (AvgIpc) is 2.15. The van der Waals surface area contributed by atoms with Gasteiger partial charge in [0.05, 0.1) is 6.61 Å². The van der Waals surface area contributed by atoms with E-state index in [-0.39, 0.29) is 0 Å². The van der Waals surface area contributed by atoms with Gasteiger partial charge in [0, 0.05) is 12.3 Å². The predicted molar refractivity (Wildman–Crippen MR) is 52.3 cm³/mol. The van der Waals surface area contributed by atoms with Gasteiger partial charge in [-0.3, -0.25) is 0 Å². The van der Waals surface area contributed by atoms with Crippen molar-refractivity contribution in [2.75, 3.05) is 18.9 Å². The van der Waals surface area contributed by atoms with Crippen LogP contribution >= 0.6 is 0 Å². The molecule has 0 radical (unpaired) electrons. The molecule has 0 bridgehead atoms. The molecular formula is C10H15NO2. The van der Waals surface area contributed by atoms with Crippen LogP contribution in [0.15, 0.2) is 24.3 Å². The SMILES string of the molecule is CCOCC(O)c1ccc(N)cc1. The lowest BCUT2D eigenvalue weighted by atomic mass is 10.1. The van der Waals surface area contributed by atoms with E-state index in [4.69, 9.17) is 10.5 Å². The maximum atomic E-state index is 9.58. The molecule has 3 heteroatoms. The smallest absolute Gasteiger partial charge is 0.102 e. The number of rotatable bonds is 4. The van der Waals surface area contributed by atoms with Crippen LogP contribution in [0, 0.1) is 0 Å². The van der Waals surface area contributed by atoms with Crippen molar-refractivity contribution in [3.63, 3.8) is 0 Å². The Bertz CT molecular complexity index is 246. The van der Waals surface area contributed by atoms with Crippen molar-refractivity contribution in [2.45, 2.75) is 13.0 Å². The number of aliphatic hydroxyl groups excluding tert-OH is 1. The van der Waals surface area contributed by atoms with Crippen LogP contribution < -0.4 is 5.73 Å². The normalized spacial score (nSPS) is 12.8. The van der Waals surface area contributed by atoms with Gasteiger partial charge in [-0.25, -0.2) is 0 Å². The number of ether oxygens (including phenoxy) is 1. The molecule has 0 aliphatic carbocycles. The minimum absolute atomic E-state index is 0.334. The van der Waals surface area contributed by atoms with Crippen LogP contribution in [0.25, 0.3) is 0 Å². The fraction of sp³-hybridized carbons (Fsp3) is 0.400. The van der Waals surface area contributed by atoms with Crippen molar-refractivity contribution in [1.82, 2.24) is 0 Å². The van der Waals surface area contributed by atoms with E-state index in [1.54, 1.807) is 24.3 Å². The summed E-state index contributed by atoms with van der Waals surface area (Å²) in [4.78, 5) is 0. The maximum absolute atomic E-state index is 9.58. The Morgan fingerprint density at radius 3 is 2.54 bits per heavy atom. The van der Waals surface area contributed by atoms with Crippen molar-refractivity contribution in [3.05, 3.63) is 29.8 Å².